The smallest absolute Gasteiger partial charge is 0.411 e. The van der Waals surface area contributed by atoms with Crippen LogP contribution in [0.3, 0.4) is 0 Å². The number of carbonyl (C=O) groups is 1. The molecule has 6 heteroatoms. The Hall–Kier alpha value is -2.60. The Morgan fingerprint density at radius 2 is 1.69 bits per heavy atom. The first-order chi connectivity index (χ1) is 15.5. The number of benzene rings is 2. The van der Waals surface area contributed by atoms with Crippen molar-refractivity contribution in [3.63, 3.8) is 0 Å². The third kappa shape index (κ3) is 4.60. The number of rotatable bonds is 7. The zero-order chi connectivity index (χ0) is 22.1. The zero-order valence-corrected chi connectivity index (χ0v) is 18.6. The fourth-order valence-electron chi connectivity index (χ4n) is 4.85. The summed E-state index contributed by atoms with van der Waals surface area (Å²) in [5.41, 5.74) is 1.57. The minimum absolute atomic E-state index is 0.0834. The van der Waals surface area contributed by atoms with Gasteiger partial charge in [0.1, 0.15) is 17.2 Å². The van der Waals surface area contributed by atoms with E-state index >= 15 is 0 Å². The van der Waals surface area contributed by atoms with Gasteiger partial charge in [0, 0.05) is 32.5 Å². The lowest BCUT2D eigenvalue weighted by atomic mass is 9.81. The van der Waals surface area contributed by atoms with E-state index in [1.807, 2.05) is 41.3 Å². The number of hydrogen-bond donors (Lipinski definition) is 0. The van der Waals surface area contributed by atoms with Crippen molar-refractivity contribution in [2.75, 3.05) is 26.7 Å². The Balaban J connectivity index is 1.34. The summed E-state index contributed by atoms with van der Waals surface area (Å²) in [5.74, 6) is 1.34. The van der Waals surface area contributed by atoms with Crippen LogP contribution in [-0.4, -0.2) is 54.3 Å². The lowest BCUT2D eigenvalue weighted by Gasteiger charge is -2.40. The van der Waals surface area contributed by atoms with E-state index in [0.29, 0.717) is 18.9 Å². The van der Waals surface area contributed by atoms with Gasteiger partial charge in [0.2, 0.25) is 0 Å². The minimum atomic E-state index is -0.495. The number of carbonyl (C=O) groups excluding carboxylic acids is 1. The first-order valence-electron chi connectivity index (χ1n) is 11.7. The van der Waals surface area contributed by atoms with E-state index in [1.165, 1.54) is 25.0 Å². The van der Waals surface area contributed by atoms with Crippen LogP contribution in [0, 0.1) is 11.7 Å². The van der Waals surface area contributed by atoms with Crippen LogP contribution in [0.1, 0.15) is 36.8 Å². The Bertz CT molecular complexity index is 935. The number of hydrogen-bond acceptors (Lipinski definition) is 4. The molecule has 170 valence electrons. The minimum Gasteiger partial charge on any atom is -0.493 e. The molecule has 1 saturated carbocycles. The molecule has 1 amide bonds. The topological polar surface area (TPSA) is 42.0 Å². The fourth-order valence-corrected chi connectivity index (χ4v) is 4.85. The first kappa shape index (κ1) is 21.3. The molecule has 32 heavy (non-hydrogen) atoms. The lowest BCUT2D eigenvalue weighted by molar-refractivity contribution is -0.0165. The maximum absolute atomic E-state index is 13.4. The van der Waals surface area contributed by atoms with E-state index < -0.39 is 5.60 Å². The summed E-state index contributed by atoms with van der Waals surface area (Å²) in [6.07, 6.45) is 4.55. The third-order valence-corrected chi connectivity index (χ3v) is 7.14. The summed E-state index contributed by atoms with van der Waals surface area (Å²) >= 11 is 0. The Morgan fingerprint density at radius 1 is 1.03 bits per heavy atom. The van der Waals surface area contributed by atoms with Gasteiger partial charge >= 0.3 is 6.09 Å². The monoisotopic (exact) mass is 438 g/mol. The average molecular weight is 439 g/mol. The molecule has 3 fully saturated rings. The van der Waals surface area contributed by atoms with Gasteiger partial charge in [0.25, 0.3) is 0 Å². The van der Waals surface area contributed by atoms with Crippen molar-refractivity contribution >= 4 is 6.09 Å². The molecule has 2 aromatic rings. The quantitative estimate of drug-likeness (QED) is 0.632. The fraction of sp³-hybridized carbons (Fsp3) is 0.500. The van der Waals surface area contributed by atoms with Crippen LogP contribution in [0.15, 0.2) is 48.5 Å². The highest BCUT2D eigenvalue weighted by molar-refractivity contribution is 5.72. The number of ether oxygens (including phenoxy) is 2. The van der Waals surface area contributed by atoms with Gasteiger partial charge in [0.05, 0.1) is 12.6 Å². The Labute approximate surface area is 189 Å². The molecule has 1 spiro atoms. The van der Waals surface area contributed by atoms with Crippen LogP contribution in [0.25, 0.3) is 0 Å². The molecule has 0 radical (unpaired) electrons. The molecule has 0 N–H and O–H groups in total. The second kappa shape index (κ2) is 8.74. The van der Waals surface area contributed by atoms with Gasteiger partial charge in [-0.15, -0.1) is 0 Å². The van der Waals surface area contributed by atoms with Crippen molar-refractivity contribution in [3.8, 4) is 5.75 Å². The summed E-state index contributed by atoms with van der Waals surface area (Å²) in [6.45, 7) is 3.07. The molecule has 2 saturated heterocycles. The highest BCUT2D eigenvalue weighted by Crippen LogP contribution is 2.41. The largest absolute Gasteiger partial charge is 0.493 e. The summed E-state index contributed by atoms with van der Waals surface area (Å²) in [6, 6.07) is 14.5. The van der Waals surface area contributed by atoms with Crippen LogP contribution >= 0.6 is 0 Å². The van der Waals surface area contributed by atoms with Crippen molar-refractivity contribution < 1.29 is 18.7 Å². The molecule has 5 rings (SSSR count). The maximum atomic E-state index is 13.4. The van der Waals surface area contributed by atoms with Crippen LogP contribution in [-0.2, 0) is 17.7 Å². The van der Waals surface area contributed by atoms with E-state index in [9.17, 15) is 9.18 Å². The van der Waals surface area contributed by atoms with Gasteiger partial charge in [-0.05, 0) is 67.6 Å². The zero-order valence-electron chi connectivity index (χ0n) is 18.6. The van der Waals surface area contributed by atoms with Gasteiger partial charge in [0.15, 0.2) is 0 Å². The molecule has 2 aliphatic heterocycles. The van der Waals surface area contributed by atoms with E-state index in [1.54, 1.807) is 0 Å². The number of nitrogens with zero attached hydrogens (tertiary/aromatic N) is 2. The number of amides is 1. The van der Waals surface area contributed by atoms with Crippen molar-refractivity contribution in [3.05, 3.63) is 65.5 Å². The molecule has 0 bridgehead atoms. The average Bonchev–Trinajstić information content (AvgIpc) is 3.59. The predicted molar refractivity (Wildman–Crippen MR) is 120 cm³/mol. The van der Waals surface area contributed by atoms with Gasteiger partial charge in [-0.1, -0.05) is 24.3 Å². The molecule has 5 nitrogen and oxygen atoms in total. The van der Waals surface area contributed by atoms with Crippen LogP contribution < -0.4 is 4.74 Å². The van der Waals surface area contributed by atoms with Crippen LogP contribution in [0.2, 0.25) is 0 Å². The van der Waals surface area contributed by atoms with Crippen molar-refractivity contribution in [1.29, 1.82) is 0 Å². The van der Waals surface area contributed by atoms with Crippen molar-refractivity contribution in [2.24, 2.45) is 5.92 Å². The second-order valence-corrected chi connectivity index (χ2v) is 9.61. The Morgan fingerprint density at radius 3 is 2.34 bits per heavy atom. The molecule has 2 heterocycles. The number of likely N-dealkylation sites (tertiary alicyclic amines) is 1. The second-order valence-electron chi connectivity index (χ2n) is 9.61. The molecule has 1 atom stereocenters. The van der Waals surface area contributed by atoms with E-state index in [-0.39, 0.29) is 18.0 Å². The first-order valence-corrected chi connectivity index (χ1v) is 11.7. The molecule has 3 aliphatic rings. The lowest BCUT2D eigenvalue weighted by Crippen LogP contribution is -2.52. The van der Waals surface area contributed by atoms with Crippen LogP contribution in [0.5, 0.6) is 5.75 Å². The summed E-state index contributed by atoms with van der Waals surface area (Å²) in [7, 11) is 2.10. The van der Waals surface area contributed by atoms with Gasteiger partial charge in [-0.2, -0.15) is 0 Å². The van der Waals surface area contributed by atoms with Gasteiger partial charge in [-0.25, -0.2) is 9.18 Å². The van der Waals surface area contributed by atoms with Crippen molar-refractivity contribution in [1.82, 2.24) is 9.80 Å². The van der Waals surface area contributed by atoms with Gasteiger partial charge < -0.3 is 14.4 Å². The summed E-state index contributed by atoms with van der Waals surface area (Å²) in [5, 5.41) is 0. The van der Waals surface area contributed by atoms with Crippen molar-refractivity contribution in [2.45, 2.75) is 50.3 Å². The molecule has 0 unspecified atom stereocenters. The number of piperidine rings is 1. The SMILES string of the molecule is CN1CCC2(CC1)OC(=O)N(Cc1ccc(OCC3CC3)cc1)[C@@H]2Cc1ccc(F)cc1. The number of halogens is 1. The molecule has 2 aromatic carbocycles. The predicted octanol–water partition coefficient (Wildman–Crippen LogP) is 4.64. The summed E-state index contributed by atoms with van der Waals surface area (Å²) < 4.78 is 25.4. The maximum Gasteiger partial charge on any atom is 0.411 e. The van der Waals surface area contributed by atoms with E-state index in [4.69, 9.17) is 9.47 Å². The highest BCUT2D eigenvalue weighted by Gasteiger charge is 2.54. The van der Waals surface area contributed by atoms with Crippen LogP contribution in [0.4, 0.5) is 9.18 Å². The van der Waals surface area contributed by atoms with E-state index in [0.717, 1.165) is 49.4 Å². The molecule has 0 aromatic heterocycles. The normalized spacial score (nSPS) is 22.9. The van der Waals surface area contributed by atoms with E-state index in [2.05, 4.69) is 11.9 Å². The molecular weight excluding hydrogens is 407 g/mol. The highest BCUT2D eigenvalue weighted by atomic mass is 19.1. The standard InChI is InChI=1S/C26H31FN2O3/c1-28-14-12-26(13-15-28)24(16-19-4-8-22(27)9-5-19)29(25(30)32-26)17-20-6-10-23(11-7-20)31-18-21-2-3-21/h4-11,21,24H,2-3,12-18H2,1H3/t24-/m1/s1. The summed E-state index contributed by atoms with van der Waals surface area (Å²) in [4.78, 5) is 17.2. The molecule has 1 aliphatic carbocycles. The third-order valence-electron chi connectivity index (χ3n) is 7.14. The Kier molecular flexibility index (Phi) is 5.80. The molecular formula is C26H31FN2O3. The van der Waals surface area contributed by atoms with Gasteiger partial charge in [-0.3, -0.25) is 4.90 Å².